The van der Waals surface area contributed by atoms with Crippen LogP contribution in [0.3, 0.4) is 0 Å². The van der Waals surface area contributed by atoms with Crippen LogP contribution in [-0.2, 0) is 14.3 Å². The van der Waals surface area contributed by atoms with Crippen LogP contribution in [-0.4, -0.2) is 46.9 Å². The Balaban J connectivity index is 4.51. The number of carbonyl (C=O) groups excluding carboxylic acids is 2. The zero-order valence-electron chi connectivity index (χ0n) is 39.9. The number of amides is 1. The molecule has 0 aromatic heterocycles. The Labute approximate surface area is 368 Å². The molecule has 0 saturated carbocycles. The number of carbonyl (C=O) groups is 2. The van der Waals surface area contributed by atoms with E-state index < -0.39 is 18.2 Å². The SMILES string of the molecule is CCCCCCCCC/C=C\CCCC(CC(=O)NC(CO)C(O)CCCCCCCCCCCCC)OC(=O)CCCCCCCCCCCCCCCCCCC. The summed E-state index contributed by atoms with van der Waals surface area (Å²) < 4.78 is 5.92. The minimum Gasteiger partial charge on any atom is -0.462 e. The quantitative estimate of drug-likeness (QED) is 0.0322. The van der Waals surface area contributed by atoms with Crippen LogP contribution in [0.4, 0.5) is 0 Å². The van der Waals surface area contributed by atoms with Gasteiger partial charge in [-0.25, -0.2) is 0 Å². The summed E-state index contributed by atoms with van der Waals surface area (Å²) in [4.78, 5) is 26.1. The number of allylic oxidation sites excluding steroid dienone is 2. The number of esters is 1. The van der Waals surface area contributed by atoms with E-state index in [1.807, 2.05) is 0 Å². The third-order valence-corrected chi connectivity index (χ3v) is 12.3. The predicted molar refractivity (Wildman–Crippen MR) is 255 cm³/mol. The summed E-state index contributed by atoms with van der Waals surface area (Å²) in [5, 5.41) is 23.7. The average Bonchev–Trinajstić information content (AvgIpc) is 3.23. The lowest BCUT2D eigenvalue weighted by molar-refractivity contribution is -0.151. The van der Waals surface area contributed by atoms with Gasteiger partial charge in [0.2, 0.25) is 5.91 Å². The van der Waals surface area contributed by atoms with Crippen molar-refractivity contribution in [3.05, 3.63) is 12.2 Å². The van der Waals surface area contributed by atoms with Gasteiger partial charge in [0, 0.05) is 6.42 Å². The fraction of sp³-hybridized carbons (Fsp3) is 0.925. The van der Waals surface area contributed by atoms with Crippen molar-refractivity contribution < 1.29 is 24.5 Å². The fourth-order valence-corrected chi connectivity index (χ4v) is 8.31. The second-order valence-electron chi connectivity index (χ2n) is 18.3. The molecule has 0 spiro atoms. The van der Waals surface area contributed by atoms with Crippen LogP contribution in [0, 0.1) is 0 Å². The molecule has 3 atom stereocenters. The number of ether oxygens (including phenoxy) is 1. The van der Waals surface area contributed by atoms with Crippen LogP contribution in [0.25, 0.3) is 0 Å². The molecular weight excluding hydrogens is 731 g/mol. The van der Waals surface area contributed by atoms with E-state index in [1.165, 1.54) is 193 Å². The normalized spacial score (nSPS) is 13.2. The number of aliphatic hydroxyl groups is 2. The molecule has 350 valence electrons. The van der Waals surface area contributed by atoms with Gasteiger partial charge in [0.05, 0.1) is 25.2 Å². The maximum Gasteiger partial charge on any atom is 0.306 e. The minimum atomic E-state index is -0.787. The zero-order valence-corrected chi connectivity index (χ0v) is 39.9. The smallest absolute Gasteiger partial charge is 0.306 e. The molecule has 0 aliphatic carbocycles. The molecule has 0 aromatic rings. The Kier molecular flexibility index (Phi) is 46.5. The zero-order chi connectivity index (χ0) is 43.1. The minimum absolute atomic E-state index is 0.0637. The average molecular weight is 834 g/mol. The van der Waals surface area contributed by atoms with Crippen LogP contribution < -0.4 is 5.32 Å². The van der Waals surface area contributed by atoms with Gasteiger partial charge in [-0.05, 0) is 44.9 Å². The van der Waals surface area contributed by atoms with Crippen LogP contribution in [0.1, 0.15) is 290 Å². The van der Waals surface area contributed by atoms with E-state index >= 15 is 0 Å². The molecular formula is C53H103NO5. The van der Waals surface area contributed by atoms with Gasteiger partial charge in [0.25, 0.3) is 0 Å². The lowest BCUT2D eigenvalue weighted by Crippen LogP contribution is -2.46. The third-order valence-electron chi connectivity index (χ3n) is 12.3. The maximum atomic E-state index is 13.2. The van der Waals surface area contributed by atoms with Gasteiger partial charge >= 0.3 is 5.97 Å². The van der Waals surface area contributed by atoms with E-state index in [9.17, 15) is 19.8 Å². The number of aliphatic hydroxyl groups excluding tert-OH is 2. The summed E-state index contributed by atoms with van der Waals surface area (Å²) in [5.74, 6) is -0.486. The van der Waals surface area contributed by atoms with E-state index in [0.717, 1.165) is 51.4 Å². The van der Waals surface area contributed by atoms with Gasteiger partial charge in [-0.1, -0.05) is 245 Å². The lowest BCUT2D eigenvalue weighted by atomic mass is 10.0. The molecule has 0 heterocycles. The number of unbranched alkanes of at least 4 members (excludes halogenated alkanes) is 34. The topological polar surface area (TPSA) is 95.9 Å². The van der Waals surface area contributed by atoms with Crippen molar-refractivity contribution in [2.75, 3.05) is 6.61 Å². The first-order valence-corrected chi connectivity index (χ1v) is 26.4. The van der Waals surface area contributed by atoms with Crippen molar-refractivity contribution in [1.82, 2.24) is 5.32 Å². The molecule has 59 heavy (non-hydrogen) atoms. The number of nitrogens with one attached hydrogen (secondary N) is 1. The van der Waals surface area contributed by atoms with E-state index in [0.29, 0.717) is 19.3 Å². The van der Waals surface area contributed by atoms with Gasteiger partial charge in [0.15, 0.2) is 0 Å². The van der Waals surface area contributed by atoms with Crippen LogP contribution in [0.15, 0.2) is 12.2 Å². The first-order chi connectivity index (χ1) is 29.0. The molecule has 1 amide bonds. The first-order valence-electron chi connectivity index (χ1n) is 26.4. The van der Waals surface area contributed by atoms with Crippen molar-refractivity contribution >= 4 is 11.9 Å². The molecule has 6 heteroatoms. The summed E-state index contributed by atoms with van der Waals surface area (Å²) in [6.45, 7) is 6.49. The highest BCUT2D eigenvalue weighted by Crippen LogP contribution is 2.18. The van der Waals surface area contributed by atoms with Gasteiger partial charge in [0.1, 0.15) is 6.10 Å². The number of hydrogen-bond acceptors (Lipinski definition) is 5. The number of rotatable bonds is 48. The summed E-state index contributed by atoms with van der Waals surface area (Å²) in [5.41, 5.74) is 0. The summed E-state index contributed by atoms with van der Waals surface area (Å²) in [6.07, 6.45) is 52.8. The molecule has 0 aliphatic heterocycles. The van der Waals surface area contributed by atoms with E-state index in [-0.39, 0.29) is 24.9 Å². The molecule has 0 fully saturated rings. The van der Waals surface area contributed by atoms with Crippen LogP contribution in [0.2, 0.25) is 0 Å². The Morgan fingerprint density at radius 1 is 0.475 bits per heavy atom. The van der Waals surface area contributed by atoms with Gasteiger partial charge in [-0.2, -0.15) is 0 Å². The maximum absolute atomic E-state index is 13.2. The van der Waals surface area contributed by atoms with Crippen LogP contribution in [0.5, 0.6) is 0 Å². The molecule has 0 aliphatic rings. The monoisotopic (exact) mass is 834 g/mol. The lowest BCUT2D eigenvalue weighted by Gasteiger charge is -2.24. The molecule has 0 radical (unpaired) electrons. The fourth-order valence-electron chi connectivity index (χ4n) is 8.31. The third kappa shape index (κ3) is 43.1. The molecule has 0 saturated heterocycles. The Bertz CT molecular complexity index is 893. The Morgan fingerprint density at radius 2 is 0.831 bits per heavy atom. The highest BCUT2D eigenvalue weighted by molar-refractivity contribution is 5.77. The second-order valence-corrected chi connectivity index (χ2v) is 18.3. The van der Waals surface area contributed by atoms with Gasteiger partial charge in [-0.3, -0.25) is 9.59 Å². The number of hydrogen-bond donors (Lipinski definition) is 3. The largest absolute Gasteiger partial charge is 0.462 e. The van der Waals surface area contributed by atoms with Crippen molar-refractivity contribution in [2.24, 2.45) is 0 Å². The summed E-state index contributed by atoms with van der Waals surface area (Å²) >= 11 is 0. The molecule has 3 N–H and O–H groups in total. The van der Waals surface area contributed by atoms with E-state index in [1.54, 1.807) is 0 Å². The van der Waals surface area contributed by atoms with Crippen molar-refractivity contribution in [1.29, 1.82) is 0 Å². The van der Waals surface area contributed by atoms with Gasteiger partial charge in [-0.15, -0.1) is 0 Å². The molecule has 6 nitrogen and oxygen atoms in total. The van der Waals surface area contributed by atoms with Crippen LogP contribution >= 0.6 is 0 Å². The molecule has 0 bridgehead atoms. The standard InChI is InChI=1S/C53H103NO5/c1-4-7-10-13-16-19-22-24-25-26-27-28-31-34-37-40-43-46-53(58)59-49(44-41-38-35-32-30-23-20-17-14-11-8-5-2)47-52(57)54-50(48-55)51(56)45-42-39-36-33-29-21-18-15-12-9-6-3/h32,35,49-51,55-56H,4-31,33-34,36-48H2,1-3H3,(H,54,57)/b35-32-. The van der Waals surface area contributed by atoms with Crippen molar-refractivity contribution in [2.45, 2.75) is 309 Å². The van der Waals surface area contributed by atoms with E-state index in [4.69, 9.17) is 4.74 Å². The predicted octanol–water partition coefficient (Wildman–Crippen LogP) is 15.7. The molecule has 0 rings (SSSR count). The van der Waals surface area contributed by atoms with E-state index in [2.05, 4.69) is 38.2 Å². The van der Waals surface area contributed by atoms with Crippen molar-refractivity contribution in [3.63, 3.8) is 0 Å². The highest BCUT2D eigenvalue weighted by atomic mass is 16.5. The Hall–Kier alpha value is -1.40. The summed E-state index contributed by atoms with van der Waals surface area (Å²) in [7, 11) is 0. The summed E-state index contributed by atoms with van der Waals surface area (Å²) in [6, 6.07) is -0.702. The first kappa shape index (κ1) is 57.6. The van der Waals surface area contributed by atoms with Crippen molar-refractivity contribution in [3.8, 4) is 0 Å². The highest BCUT2D eigenvalue weighted by Gasteiger charge is 2.24. The van der Waals surface area contributed by atoms with Gasteiger partial charge < -0.3 is 20.3 Å². The second kappa shape index (κ2) is 47.6. The molecule has 0 aromatic carbocycles. The Morgan fingerprint density at radius 3 is 1.24 bits per heavy atom. The molecule has 3 unspecified atom stereocenters.